The summed E-state index contributed by atoms with van der Waals surface area (Å²) in [5, 5.41) is 0. The van der Waals surface area contributed by atoms with E-state index in [0.29, 0.717) is 11.5 Å². The Balaban J connectivity index is 0. The minimum atomic E-state index is 0.606. The molecule has 0 heterocycles. The molecule has 12 heavy (non-hydrogen) atoms. The Kier molecular flexibility index (Phi) is 10.5. The van der Waals surface area contributed by atoms with Crippen molar-refractivity contribution in [1.82, 2.24) is 0 Å². The van der Waals surface area contributed by atoms with Crippen molar-refractivity contribution in [2.75, 3.05) is 14.2 Å². The van der Waals surface area contributed by atoms with E-state index in [1.807, 2.05) is 0 Å². The molecule has 0 spiro atoms. The molecule has 0 saturated heterocycles. The second-order valence-corrected chi connectivity index (χ2v) is 1.75. The number of ether oxygens (including phenoxy) is 2. The predicted molar refractivity (Wildman–Crippen MR) is 52.7 cm³/mol. The van der Waals surface area contributed by atoms with Crippen LogP contribution in [0.4, 0.5) is 0 Å². The van der Waals surface area contributed by atoms with Gasteiger partial charge in [0.1, 0.15) is 11.5 Å². The van der Waals surface area contributed by atoms with Crippen molar-refractivity contribution in [2.45, 2.75) is 0 Å². The van der Waals surface area contributed by atoms with Gasteiger partial charge in [-0.25, -0.2) is 0 Å². The largest absolute Gasteiger partial charge is 0.497 e. The van der Waals surface area contributed by atoms with Crippen LogP contribution in [0, 0.1) is 0 Å². The molecule has 0 unspecified atom stereocenters. The zero-order chi connectivity index (χ0) is 9.98. The summed E-state index contributed by atoms with van der Waals surface area (Å²) in [6.45, 7) is 13.7. The van der Waals surface area contributed by atoms with E-state index in [2.05, 4.69) is 35.8 Å². The molecular formula is C10H16O2. The Morgan fingerprint density at radius 2 is 1.17 bits per heavy atom. The van der Waals surface area contributed by atoms with Crippen LogP contribution in [0.25, 0.3) is 0 Å². The summed E-state index contributed by atoms with van der Waals surface area (Å²) >= 11 is 0. The van der Waals surface area contributed by atoms with Crippen molar-refractivity contribution in [3.05, 3.63) is 50.0 Å². The lowest BCUT2D eigenvalue weighted by atomic mass is 10.6. The first-order chi connectivity index (χ1) is 5.62. The SMILES string of the molecule is C=CC(=C)OC.C=CC(=C)OC. The highest BCUT2D eigenvalue weighted by Crippen LogP contribution is 1.86. The normalized spacial score (nSPS) is 6.83. The highest BCUT2D eigenvalue weighted by atomic mass is 16.5. The molecule has 0 N–H and O–H groups in total. The topological polar surface area (TPSA) is 18.5 Å². The lowest BCUT2D eigenvalue weighted by Gasteiger charge is -1.90. The van der Waals surface area contributed by atoms with Crippen LogP contribution < -0.4 is 0 Å². The second-order valence-electron chi connectivity index (χ2n) is 1.75. The van der Waals surface area contributed by atoms with Gasteiger partial charge in [-0.05, 0) is 12.2 Å². The summed E-state index contributed by atoms with van der Waals surface area (Å²) in [4.78, 5) is 0. The Labute approximate surface area is 74.5 Å². The number of allylic oxidation sites excluding steroid dienone is 2. The first kappa shape index (κ1) is 13.2. The lowest BCUT2D eigenvalue weighted by Crippen LogP contribution is -1.73. The zero-order valence-corrected chi connectivity index (χ0v) is 7.80. The summed E-state index contributed by atoms with van der Waals surface area (Å²) in [5.41, 5.74) is 0. The Bertz CT molecular complexity index is 149. The van der Waals surface area contributed by atoms with E-state index in [4.69, 9.17) is 0 Å². The quantitative estimate of drug-likeness (QED) is 0.474. The van der Waals surface area contributed by atoms with Crippen LogP contribution in [0.5, 0.6) is 0 Å². The number of rotatable bonds is 4. The predicted octanol–water partition coefficient (Wildman–Crippen LogP) is 2.67. The lowest BCUT2D eigenvalue weighted by molar-refractivity contribution is 0.309. The van der Waals surface area contributed by atoms with Crippen molar-refractivity contribution in [3.63, 3.8) is 0 Å². The minimum Gasteiger partial charge on any atom is -0.497 e. The summed E-state index contributed by atoms with van der Waals surface area (Å²) in [5.74, 6) is 1.21. The van der Waals surface area contributed by atoms with E-state index < -0.39 is 0 Å². The maximum atomic E-state index is 4.59. The van der Waals surface area contributed by atoms with Gasteiger partial charge in [0.15, 0.2) is 0 Å². The van der Waals surface area contributed by atoms with E-state index in [0.717, 1.165) is 0 Å². The summed E-state index contributed by atoms with van der Waals surface area (Å²) < 4.78 is 9.17. The second kappa shape index (κ2) is 9.56. The molecule has 0 radical (unpaired) electrons. The molecule has 0 bridgehead atoms. The molecule has 0 fully saturated rings. The maximum Gasteiger partial charge on any atom is 0.111 e. The van der Waals surface area contributed by atoms with Crippen LogP contribution in [-0.4, -0.2) is 14.2 Å². The number of hydrogen-bond acceptors (Lipinski definition) is 2. The van der Waals surface area contributed by atoms with E-state index in [9.17, 15) is 0 Å². The standard InChI is InChI=1S/2C5H8O/c2*1-4-5(2)6-3/h2*4H,1-2H2,3H3. The van der Waals surface area contributed by atoms with Gasteiger partial charge in [-0.15, -0.1) is 0 Å². The van der Waals surface area contributed by atoms with E-state index in [1.54, 1.807) is 26.4 Å². The molecule has 68 valence electrons. The molecule has 0 amide bonds. The molecule has 0 saturated carbocycles. The van der Waals surface area contributed by atoms with Gasteiger partial charge in [0.25, 0.3) is 0 Å². The van der Waals surface area contributed by atoms with Gasteiger partial charge in [0.2, 0.25) is 0 Å². The van der Waals surface area contributed by atoms with E-state index in [1.165, 1.54) is 0 Å². The Hall–Kier alpha value is -1.44. The Morgan fingerprint density at radius 3 is 1.17 bits per heavy atom. The van der Waals surface area contributed by atoms with E-state index in [-0.39, 0.29) is 0 Å². The minimum absolute atomic E-state index is 0.606. The fourth-order valence-corrected chi connectivity index (χ4v) is 0.167. The van der Waals surface area contributed by atoms with Gasteiger partial charge < -0.3 is 9.47 Å². The van der Waals surface area contributed by atoms with Gasteiger partial charge in [0.05, 0.1) is 14.2 Å². The first-order valence-electron chi connectivity index (χ1n) is 3.33. The molecule has 0 aliphatic rings. The first-order valence-corrected chi connectivity index (χ1v) is 3.33. The fourth-order valence-electron chi connectivity index (χ4n) is 0.167. The van der Waals surface area contributed by atoms with Crippen molar-refractivity contribution >= 4 is 0 Å². The highest BCUT2D eigenvalue weighted by molar-refractivity contribution is 5.01. The van der Waals surface area contributed by atoms with Crippen LogP contribution in [0.3, 0.4) is 0 Å². The fraction of sp³-hybridized carbons (Fsp3) is 0.200. The molecular weight excluding hydrogens is 152 g/mol. The van der Waals surface area contributed by atoms with Crippen LogP contribution in [0.2, 0.25) is 0 Å². The van der Waals surface area contributed by atoms with Crippen molar-refractivity contribution < 1.29 is 9.47 Å². The molecule has 0 atom stereocenters. The van der Waals surface area contributed by atoms with Crippen LogP contribution in [0.1, 0.15) is 0 Å². The molecule has 0 aromatic carbocycles. The average Bonchev–Trinajstić information content (AvgIpc) is 2.16. The molecule has 0 rings (SSSR count). The third kappa shape index (κ3) is 11.4. The third-order valence-electron chi connectivity index (χ3n) is 0.980. The monoisotopic (exact) mass is 168 g/mol. The van der Waals surface area contributed by atoms with Gasteiger partial charge in [-0.1, -0.05) is 26.3 Å². The summed E-state index contributed by atoms with van der Waals surface area (Å²) in [6.07, 6.45) is 3.11. The van der Waals surface area contributed by atoms with Gasteiger partial charge in [0, 0.05) is 0 Å². The molecule has 0 aromatic heterocycles. The number of methoxy groups -OCH3 is 2. The summed E-state index contributed by atoms with van der Waals surface area (Å²) in [7, 11) is 3.12. The van der Waals surface area contributed by atoms with Crippen molar-refractivity contribution in [2.24, 2.45) is 0 Å². The maximum absolute atomic E-state index is 4.59. The van der Waals surface area contributed by atoms with Crippen LogP contribution in [-0.2, 0) is 9.47 Å². The van der Waals surface area contributed by atoms with Crippen LogP contribution >= 0.6 is 0 Å². The Morgan fingerprint density at radius 1 is 0.917 bits per heavy atom. The summed E-state index contributed by atoms with van der Waals surface area (Å²) in [6, 6.07) is 0. The molecule has 0 aromatic rings. The van der Waals surface area contributed by atoms with Gasteiger partial charge >= 0.3 is 0 Å². The van der Waals surface area contributed by atoms with Crippen molar-refractivity contribution in [3.8, 4) is 0 Å². The smallest absolute Gasteiger partial charge is 0.111 e. The molecule has 2 nitrogen and oxygen atoms in total. The van der Waals surface area contributed by atoms with Gasteiger partial charge in [-0.3, -0.25) is 0 Å². The van der Waals surface area contributed by atoms with Crippen LogP contribution in [0.15, 0.2) is 50.0 Å². The highest BCUT2D eigenvalue weighted by Gasteiger charge is 1.72. The molecule has 0 aliphatic heterocycles. The number of hydrogen-bond donors (Lipinski definition) is 0. The third-order valence-corrected chi connectivity index (χ3v) is 0.980. The van der Waals surface area contributed by atoms with Gasteiger partial charge in [-0.2, -0.15) is 0 Å². The average molecular weight is 168 g/mol. The molecule has 0 aliphatic carbocycles. The van der Waals surface area contributed by atoms with Crippen molar-refractivity contribution in [1.29, 1.82) is 0 Å². The molecule has 2 heteroatoms. The van der Waals surface area contributed by atoms with E-state index >= 15 is 0 Å². The zero-order valence-electron chi connectivity index (χ0n) is 7.80.